The van der Waals surface area contributed by atoms with E-state index in [1.807, 2.05) is 13.0 Å². The Morgan fingerprint density at radius 3 is 2.50 bits per heavy atom. The second-order valence-electron chi connectivity index (χ2n) is 4.88. The van der Waals surface area contributed by atoms with Crippen LogP contribution in [0.4, 0.5) is 0 Å². The first-order chi connectivity index (χ1) is 8.49. The molecule has 0 aromatic heterocycles. The molecular weight excluding hydrogens is 250 g/mol. The highest BCUT2D eigenvalue weighted by molar-refractivity contribution is 7.89. The normalized spacial score (nSPS) is 17.2. The Hall–Kier alpha value is -0.910. The highest BCUT2D eigenvalue weighted by Gasteiger charge is 2.21. The first-order valence-electron chi connectivity index (χ1n) is 6.24. The van der Waals surface area contributed by atoms with E-state index in [0.29, 0.717) is 0 Å². The van der Waals surface area contributed by atoms with Crippen molar-refractivity contribution in [2.75, 3.05) is 0 Å². The maximum absolute atomic E-state index is 12.1. The molecule has 2 rings (SSSR count). The molecule has 1 aromatic rings. The number of rotatable bonds is 4. The molecule has 0 saturated heterocycles. The lowest BCUT2D eigenvalue weighted by Crippen LogP contribution is -2.29. The van der Waals surface area contributed by atoms with Crippen LogP contribution in [0, 0.1) is 13.8 Å². The Bertz CT molecular complexity index is 519. The van der Waals surface area contributed by atoms with Crippen molar-refractivity contribution in [2.24, 2.45) is 0 Å². The summed E-state index contributed by atoms with van der Waals surface area (Å²) in [6, 6.07) is 5.26. The van der Waals surface area contributed by atoms with Crippen molar-refractivity contribution in [3.05, 3.63) is 29.3 Å². The smallest absolute Gasteiger partial charge is 0.262 e. The van der Waals surface area contributed by atoms with Crippen molar-refractivity contribution in [1.29, 1.82) is 0 Å². The summed E-state index contributed by atoms with van der Waals surface area (Å²) in [5, 5.41) is 0. The van der Waals surface area contributed by atoms with Crippen molar-refractivity contribution < 1.29 is 13.3 Å². The molecule has 0 atom stereocenters. The van der Waals surface area contributed by atoms with Crippen molar-refractivity contribution in [1.82, 2.24) is 4.89 Å². The number of sulfonamides is 1. The van der Waals surface area contributed by atoms with Gasteiger partial charge in [-0.25, -0.2) is 8.42 Å². The summed E-state index contributed by atoms with van der Waals surface area (Å²) < 4.78 is 24.2. The molecule has 18 heavy (non-hydrogen) atoms. The van der Waals surface area contributed by atoms with Crippen LogP contribution in [0.1, 0.15) is 36.8 Å². The molecule has 1 aromatic carbocycles. The van der Waals surface area contributed by atoms with Crippen LogP contribution in [0.2, 0.25) is 0 Å². The number of aryl methyl sites for hydroxylation is 2. The first kappa shape index (κ1) is 13.5. The fourth-order valence-corrected chi connectivity index (χ4v) is 3.37. The van der Waals surface area contributed by atoms with E-state index in [-0.39, 0.29) is 11.0 Å². The van der Waals surface area contributed by atoms with Crippen LogP contribution in [0.25, 0.3) is 0 Å². The van der Waals surface area contributed by atoms with E-state index in [1.54, 1.807) is 19.1 Å². The van der Waals surface area contributed by atoms with Crippen molar-refractivity contribution in [3.8, 4) is 0 Å². The minimum absolute atomic E-state index is 0.0190. The maximum atomic E-state index is 12.1. The second-order valence-corrected chi connectivity index (χ2v) is 6.49. The summed E-state index contributed by atoms with van der Waals surface area (Å²) in [7, 11) is -3.57. The molecule has 0 aliphatic heterocycles. The molecule has 0 spiro atoms. The molecule has 5 heteroatoms. The van der Waals surface area contributed by atoms with Gasteiger partial charge >= 0.3 is 0 Å². The van der Waals surface area contributed by atoms with Crippen LogP contribution in [-0.4, -0.2) is 14.5 Å². The van der Waals surface area contributed by atoms with Gasteiger partial charge in [-0.3, -0.25) is 4.84 Å². The zero-order valence-corrected chi connectivity index (χ0v) is 11.6. The van der Waals surface area contributed by atoms with E-state index in [9.17, 15) is 8.42 Å². The van der Waals surface area contributed by atoms with Crippen LogP contribution < -0.4 is 4.89 Å². The molecule has 0 unspecified atom stereocenters. The van der Waals surface area contributed by atoms with Crippen LogP contribution in [-0.2, 0) is 14.9 Å². The van der Waals surface area contributed by atoms with Crippen LogP contribution in [0.5, 0.6) is 0 Å². The minimum Gasteiger partial charge on any atom is -0.284 e. The van der Waals surface area contributed by atoms with Crippen molar-refractivity contribution >= 4 is 10.0 Å². The Morgan fingerprint density at radius 1 is 1.22 bits per heavy atom. The van der Waals surface area contributed by atoms with Gasteiger partial charge in [-0.1, -0.05) is 35.4 Å². The van der Waals surface area contributed by atoms with Gasteiger partial charge in [-0.15, -0.1) is 0 Å². The fraction of sp³-hybridized carbons (Fsp3) is 0.538. The van der Waals surface area contributed by atoms with Gasteiger partial charge in [0.2, 0.25) is 0 Å². The average Bonchev–Trinajstić information content (AvgIpc) is 2.78. The van der Waals surface area contributed by atoms with E-state index in [0.717, 1.165) is 36.8 Å². The Labute approximate surface area is 108 Å². The molecule has 1 fully saturated rings. The molecule has 0 radical (unpaired) electrons. The summed E-state index contributed by atoms with van der Waals surface area (Å²) in [6.45, 7) is 3.73. The van der Waals surface area contributed by atoms with E-state index >= 15 is 0 Å². The number of benzene rings is 1. The third-order valence-corrected chi connectivity index (χ3v) is 4.60. The van der Waals surface area contributed by atoms with Gasteiger partial charge in [0.15, 0.2) is 0 Å². The van der Waals surface area contributed by atoms with Crippen LogP contribution in [0.15, 0.2) is 23.1 Å². The molecule has 0 amide bonds. The van der Waals surface area contributed by atoms with Crippen molar-refractivity contribution in [3.63, 3.8) is 0 Å². The quantitative estimate of drug-likeness (QED) is 0.854. The van der Waals surface area contributed by atoms with E-state index in [4.69, 9.17) is 4.84 Å². The topological polar surface area (TPSA) is 55.4 Å². The van der Waals surface area contributed by atoms with Gasteiger partial charge in [0.1, 0.15) is 0 Å². The lowest BCUT2D eigenvalue weighted by atomic mass is 10.2. The Morgan fingerprint density at radius 2 is 1.89 bits per heavy atom. The van der Waals surface area contributed by atoms with Gasteiger partial charge < -0.3 is 0 Å². The zero-order chi connectivity index (χ0) is 13.2. The summed E-state index contributed by atoms with van der Waals surface area (Å²) in [6.07, 6.45) is 4.09. The van der Waals surface area contributed by atoms with Gasteiger partial charge in [0.05, 0.1) is 11.0 Å². The zero-order valence-electron chi connectivity index (χ0n) is 10.8. The number of nitrogens with one attached hydrogen (secondary N) is 1. The van der Waals surface area contributed by atoms with Gasteiger partial charge in [-0.05, 0) is 38.3 Å². The summed E-state index contributed by atoms with van der Waals surface area (Å²) in [5.74, 6) is 0. The molecule has 4 nitrogen and oxygen atoms in total. The lowest BCUT2D eigenvalue weighted by molar-refractivity contribution is 0.0223. The molecule has 1 aliphatic rings. The molecule has 100 valence electrons. The number of hydrogen-bond donors (Lipinski definition) is 1. The monoisotopic (exact) mass is 269 g/mol. The summed E-state index contributed by atoms with van der Waals surface area (Å²) in [5.41, 5.74) is 1.78. The van der Waals surface area contributed by atoms with Gasteiger partial charge in [0.25, 0.3) is 10.0 Å². The Kier molecular flexibility index (Phi) is 4.04. The van der Waals surface area contributed by atoms with Crippen LogP contribution in [0.3, 0.4) is 0 Å². The highest BCUT2D eigenvalue weighted by Crippen LogP contribution is 2.21. The summed E-state index contributed by atoms with van der Waals surface area (Å²) in [4.78, 5) is 7.80. The molecule has 1 saturated carbocycles. The lowest BCUT2D eigenvalue weighted by Gasteiger charge is -2.13. The molecular formula is C13H19NO3S. The predicted molar refractivity (Wildman–Crippen MR) is 69.6 cm³/mol. The van der Waals surface area contributed by atoms with E-state index < -0.39 is 10.0 Å². The largest absolute Gasteiger partial charge is 0.284 e. The van der Waals surface area contributed by atoms with E-state index in [2.05, 4.69) is 4.89 Å². The molecule has 1 aliphatic carbocycles. The first-order valence-corrected chi connectivity index (χ1v) is 7.72. The minimum atomic E-state index is -3.57. The van der Waals surface area contributed by atoms with Crippen LogP contribution >= 0.6 is 0 Å². The Balaban J connectivity index is 2.09. The summed E-state index contributed by atoms with van der Waals surface area (Å²) >= 11 is 0. The standard InChI is InChI=1S/C13H19NO3S/c1-10-7-8-13(11(2)9-10)18(15,16)14-17-12-5-3-4-6-12/h7-9,12,14H,3-6H2,1-2H3. The predicted octanol–water partition coefficient (Wildman–Crippen LogP) is 2.46. The fourth-order valence-electron chi connectivity index (χ4n) is 2.28. The van der Waals surface area contributed by atoms with E-state index in [1.165, 1.54) is 0 Å². The van der Waals surface area contributed by atoms with Crippen molar-refractivity contribution in [2.45, 2.75) is 50.5 Å². The maximum Gasteiger partial charge on any atom is 0.262 e. The second kappa shape index (κ2) is 5.38. The average molecular weight is 269 g/mol. The third kappa shape index (κ3) is 3.10. The third-order valence-electron chi connectivity index (χ3n) is 3.25. The number of hydrogen-bond acceptors (Lipinski definition) is 3. The molecule has 0 heterocycles. The highest BCUT2D eigenvalue weighted by atomic mass is 32.2. The SMILES string of the molecule is Cc1ccc(S(=O)(=O)NOC2CCCC2)c(C)c1. The molecule has 0 bridgehead atoms. The molecule has 1 N–H and O–H groups in total. The van der Waals surface area contributed by atoms with Gasteiger partial charge in [0, 0.05) is 0 Å². The van der Waals surface area contributed by atoms with Gasteiger partial charge in [-0.2, -0.15) is 0 Å².